The van der Waals surface area contributed by atoms with Crippen LogP contribution in [0.4, 0.5) is 0 Å². The average Bonchev–Trinajstić information content (AvgIpc) is 2.82. The van der Waals surface area contributed by atoms with Gasteiger partial charge in [0.05, 0.1) is 6.42 Å². The number of hydrogen-bond acceptors (Lipinski definition) is 4. The van der Waals surface area contributed by atoms with Crippen LogP contribution in [0.2, 0.25) is 0 Å². The van der Waals surface area contributed by atoms with Crippen LogP contribution >= 0.6 is 11.3 Å². The van der Waals surface area contributed by atoms with Crippen LogP contribution in [-0.2, 0) is 11.2 Å². The highest BCUT2D eigenvalue weighted by molar-refractivity contribution is 7.10. The van der Waals surface area contributed by atoms with E-state index in [0.29, 0.717) is 6.42 Å². The van der Waals surface area contributed by atoms with E-state index >= 15 is 0 Å². The lowest BCUT2D eigenvalue weighted by Gasteiger charge is -2.32. The Morgan fingerprint density at radius 2 is 2.10 bits per heavy atom. The fourth-order valence-corrected chi connectivity index (χ4v) is 3.46. The molecule has 1 saturated carbocycles. The van der Waals surface area contributed by atoms with Gasteiger partial charge in [-0.2, -0.15) is 0 Å². The maximum Gasteiger partial charge on any atom is 0.226 e. The van der Waals surface area contributed by atoms with Gasteiger partial charge in [0.2, 0.25) is 5.91 Å². The van der Waals surface area contributed by atoms with E-state index in [0.717, 1.165) is 43.4 Å². The number of amides is 1. The van der Waals surface area contributed by atoms with E-state index in [2.05, 4.69) is 10.5 Å². The van der Waals surface area contributed by atoms with Gasteiger partial charge in [-0.1, -0.05) is 36.9 Å². The minimum absolute atomic E-state index is 0.0686. The molecule has 0 radical (unpaired) electrons. The topological polar surface area (TPSA) is 87.7 Å². The maximum absolute atomic E-state index is 12.2. The number of nitrogens with zero attached hydrogens (tertiary/aromatic N) is 1. The molecule has 1 fully saturated rings. The van der Waals surface area contributed by atoms with Crippen molar-refractivity contribution >= 4 is 23.1 Å². The highest BCUT2D eigenvalue weighted by Gasteiger charge is 2.37. The van der Waals surface area contributed by atoms with Crippen molar-refractivity contribution in [3.8, 4) is 0 Å². The number of thiophene rings is 1. The molecule has 1 aliphatic carbocycles. The normalized spacial score (nSPS) is 19.3. The largest absolute Gasteiger partial charge is 0.409 e. The van der Waals surface area contributed by atoms with E-state index in [1.807, 2.05) is 17.5 Å². The first-order valence-corrected chi connectivity index (χ1v) is 7.86. The lowest BCUT2D eigenvalue weighted by molar-refractivity contribution is -0.121. The van der Waals surface area contributed by atoms with Gasteiger partial charge in [0.15, 0.2) is 5.84 Å². The van der Waals surface area contributed by atoms with Gasteiger partial charge in [0, 0.05) is 4.88 Å². The number of nitrogens with two attached hydrogens (primary N) is 1. The van der Waals surface area contributed by atoms with E-state index in [-0.39, 0.29) is 11.7 Å². The Balaban J connectivity index is 2.09. The lowest BCUT2D eigenvalue weighted by atomic mass is 9.88. The Bertz CT molecular complexity index is 463. The second-order valence-electron chi connectivity index (χ2n) is 5.29. The zero-order valence-electron chi connectivity index (χ0n) is 11.5. The molecular formula is C14H21N3O2S. The van der Waals surface area contributed by atoms with Crippen LogP contribution in [0.25, 0.3) is 0 Å². The zero-order valence-corrected chi connectivity index (χ0v) is 12.3. The smallest absolute Gasteiger partial charge is 0.226 e. The van der Waals surface area contributed by atoms with Crippen LogP contribution < -0.4 is 11.1 Å². The summed E-state index contributed by atoms with van der Waals surface area (Å²) < 4.78 is 0. The molecule has 1 amide bonds. The summed E-state index contributed by atoms with van der Waals surface area (Å²) >= 11 is 1.56. The first kappa shape index (κ1) is 14.8. The molecular weight excluding hydrogens is 274 g/mol. The minimum atomic E-state index is -0.681. The SMILES string of the molecule is N/C(=N/O)C1(NC(=O)Cc2cccs2)CCCCCC1. The third kappa shape index (κ3) is 3.50. The zero-order chi connectivity index (χ0) is 14.4. The Morgan fingerprint density at radius 3 is 2.65 bits per heavy atom. The standard InChI is InChI=1S/C14H21N3O2S/c15-13(17-19)14(7-3-1-2-4-8-14)16-12(18)10-11-6-5-9-20-11/h5-6,9,19H,1-4,7-8,10H2,(H2,15,17)(H,16,18). The molecule has 110 valence electrons. The van der Waals surface area contributed by atoms with Gasteiger partial charge in [0.1, 0.15) is 5.54 Å². The van der Waals surface area contributed by atoms with Crippen molar-refractivity contribution in [2.45, 2.75) is 50.5 Å². The Morgan fingerprint density at radius 1 is 1.40 bits per heavy atom. The first-order valence-electron chi connectivity index (χ1n) is 6.98. The number of amidine groups is 1. The number of carbonyl (C=O) groups is 1. The van der Waals surface area contributed by atoms with E-state index < -0.39 is 5.54 Å². The summed E-state index contributed by atoms with van der Waals surface area (Å²) in [6.45, 7) is 0. The summed E-state index contributed by atoms with van der Waals surface area (Å²) in [4.78, 5) is 13.2. The summed E-state index contributed by atoms with van der Waals surface area (Å²) in [5.74, 6) is 0.0554. The van der Waals surface area contributed by atoms with Crippen molar-refractivity contribution in [2.24, 2.45) is 10.9 Å². The third-order valence-electron chi connectivity index (χ3n) is 3.85. The average molecular weight is 295 g/mol. The molecule has 4 N–H and O–H groups in total. The molecule has 2 rings (SSSR count). The van der Waals surface area contributed by atoms with Crippen molar-refractivity contribution in [2.75, 3.05) is 0 Å². The number of nitrogens with one attached hydrogen (secondary N) is 1. The van der Waals surface area contributed by atoms with E-state index in [1.54, 1.807) is 11.3 Å². The van der Waals surface area contributed by atoms with Crippen LogP contribution in [0.3, 0.4) is 0 Å². The fraction of sp³-hybridized carbons (Fsp3) is 0.571. The highest BCUT2D eigenvalue weighted by Crippen LogP contribution is 2.27. The Labute approximate surface area is 122 Å². The summed E-state index contributed by atoms with van der Waals surface area (Å²) in [7, 11) is 0. The highest BCUT2D eigenvalue weighted by atomic mass is 32.1. The Hall–Kier alpha value is -1.56. The molecule has 0 aromatic carbocycles. The van der Waals surface area contributed by atoms with Crippen LogP contribution in [0, 0.1) is 0 Å². The van der Waals surface area contributed by atoms with E-state index in [4.69, 9.17) is 10.9 Å². The van der Waals surface area contributed by atoms with Crippen molar-refractivity contribution < 1.29 is 10.0 Å². The molecule has 20 heavy (non-hydrogen) atoms. The van der Waals surface area contributed by atoms with Crippen LogP contribution in [0.1, 0.15) is 43.4 Å². The molecule has 1 aliphatic rings. The molecule has 0 spiro atoms. The van der Waals surface area contributed by atoms with Gasteiger partial charge >= 0.3 is 0 Å². The molecule has 6 heteroatoms. The van der Waals surface area contributed by atoms with E-state index in [1.165, 1.54) is 0 Å². The number of rotatable bonds is 4. The predicted molar refractivity (Wildman–Crippen MR) is 80.0 cm³/mol. The Kier molecular flexibility index (Phi) is 5.00. The quantitative estimate of drug-likeness (QED) is 0.262. The van der Waals surface area contributed by atoms with Gasteiger partial charge < -0.3 is 16.3 Å². The summed E-state index contributed by atoms with van der Waals surface area (Å²) in [6, 6.07) is 3.87. The summed E-state index contributed by atoms with van der Waals surface area (Å²) in [5.41, 5.74) is 5.18. The summed E-state index contributed by atoms with van der Waals surface area (Å²) in [6.07, 6.45) is 6.03. The van der Waals surface area contributed by atoms with Crippen LogP contribution in [0.15, 0.2) is 22.7 Å². The van der Waals surface area contributed by atoms with Crippen LogP contribution in [0.5, 0.6) is 0 Å². The molecule has 0 atom stereocenters. The van der Waals surface area contributed by atoms with Crippen molar-refractivity contribution in [3.63, 3.8) is 0 Å². The predicted octanol–water partition coefficient (Wildman–Crippen LogP) is 2.25. The van der Waals surface area contributed by atoms with Gasteiger partial charge in [0.25, 0.3) is 0 Å². The number of oxime groups is 1. The van der Waals surface area contributed by atoms with Crippen LogP contribution in [-0.4, -0.2) is 22.5 Å². The second-order valence-corrected chi connectivity index (χ2v) is 6.32. The van der Waals surface area contributed by atoms with Gasteiger partial charge in [-0.15, -0.1) is 11.3 Å². The minimum Gasteiger partial charge on any atom is -0.409 e. The van der Waals surface area contributed by atoms with Gasteiger partial charge in [-0.05, 0) is 24.3 Å². The molecule has 5 nitrogen and oxygen atoms in total. The van der Waals surface area contributed by atoms with Crippen molar-refractivity contribution in [1.29, 1.82) is 0 Å². The van der Waals surface area contributed by atoms with Gasteiger partial charge in [-0.25, -0.2) is 0 Å². The summed E-state index contributed by atoms with van der Waals surface area (Å²) in [5, 5.41) is 17.2. The van der Waals surface area contributed by atoms with E-state index in [9.17, 15) is 4.79 Å². The number of carbonyl (C=O) groups excluding carboxylic acids is 1. The monoisotopic (exact) mass is 295 g/mol. The first-order chi connectivity index (χ1) is 9.66. The molecule has 1 aromatic rings. The van der Waals surface area contributed by atoms with Crippen molar-refractivity contribution in [3.05, 3.63) is 22.4 Å². The molecule has 0 saturated heterocycles. The van der Waals surface area contributed by atoms with Gasteiger partial charge in [-0.3, -0.25) is 4.79 Å². The maximum atomic E-state index is 12.2. The molecule has 1 heterocycles. The fourth-order valence-electron chi connectivity index (χ4n) is 2.76. The number of hydrogen-bond donors (Lipinski definition) is 3. The molecule has 0 unspecified atom stereocenters. The third-order valence-corrected chi connectivity index (χ3v) is 4.73. The van der Waals surface area contributed by atoms with Crippen molar-refractivity contribution in [1.82, 2.24) is 5.32 Å². The lowest BCUT2D eigenvalue weighted by Crippen LogP contribution is -2.57. The molecule has 1 aromatic heterocycles. The molecule has 0 bridgehead atoms. The second kappa shape index (κ2) is 6.74. The molecule has 0 aliphatic heterocycles.